The molecule has 1 aromatic carbocycles. The minimum absolute atomic E-state index is 0.448. The van der Waals surface area contributed by atoms with Crippen LogP contribution in [0.15, 0.2) is 42.7 Å². The van der Waals surface area contributed by atoms with Gasteiger partial charge in [0.05, 0.1) is 19.4 Å². The van der Waals surface area contributed by atoms with Gasteiger partial charge in [-0.1, -0.05) is 24.3 Å². The molecule has 1 aromatic heterocycles. The third-order valence-corrected chi connectivity index (χ3v) is 3.86. The molecule has 0 aliphatic heterocycles. The van der Waals surface area contributed by atoms with Gasteiger partial charge in [0.1, 0.15) is 5.75 Å². The molecule has 0 radical (unpaired) electrons. The van der Waals surface area contributed by atoms with Crippen molar-refractivity contribution in [2.75, 3.05) is 7.11 Å². The van der Waals surface area contributed by atoms with Crippen LogP contribution in [0.2, 0.25) is 0 Å². The molecule has 3 nitrogen and oxygen atoms in total. The van der Waals surface area contributed by atoms with Crippen LogP contribution in [0.4, 0.5) is 0 Å². The van der Waals surface area contributed by atoms with Crippen LogP contribution in [-0.2, 0) is 6.42 Å². The van der Waals surface area contributed by atoms with Gasteiger partial charge >= 0.3 is 0 Å². The SMILES string of the molecule is COc1cnccc1C(O)CC1Cc2ccccc21. The van der Waals surface area contributed by atoms with Gasteiger partial charge in [0, 0.05) is 11.8 Å². The fraction of sp³-hybridized carbons (Fsp3) is 0.312. The number of rotatable bonds is 4. The van der Waals surface area contributed by atoms with E-state index in [4.69, 9.17) is 4.74 Å². The molecule has 3 heteroatoms. The van der Waals surface area contributed by atoms with Crippen molar-refractivity contribution in [3.8, 4) is 5.75 Å². The lowest BCUT2D eigenvalue weighted by molar-refractivity contribution is 0.150. The second-order valence-electron chi connectivity index (χ2n) is 4.97. The average molecular weight is 255 g/mol. The van der Waals surface area contributed by atoms with Crippen molar-refractivity contribution >= 4 is 0 Å². The summed E-state index contributed by atoms with van der Waals surface area (Å²) in [6.45, 7) is 0. The van der Waals surface area contributed by atoms with Gasteiger partial charge in [-0.3, -0.25) is 4.98 Å². The van der Waals surface area contributed by atoms with Crippen molar-refractivity contribution in [3.63, 3.8) is 0 Å². The second-order valence-corrected chi connectivity index (χ2v) is 4.97. The Morgan fingerprint density at radius 1 is 1.37 bits per heavy atom. The predicted octanol–water partition coefficient (Wildman–Crippen LogP) is 2.85. The molecule has 2 aromatic rings. The van der Waals surface area contributed by atoms with E-state index in [1.807, 2.05) is 6.07 Å². The molecule has 1 aliphatic rings. The lowest BCUT2D eigenvalue weighted by atomic mass is 9.74. The lowest BCUT2D eigenvalue weighted by Crippen LogP contribution is -2.19. The molecule has 1 N–H and O–H groups in total. The highest BCUT2D eigenvalue weighted by atomic mass is 16.5. The highest BCUT2D eigenvalue weighted by Gasteiger charge is 2.28. The molecule has 0 fully saturated rings. The Morgan fingerprint density at radius 3 is 3.00 bits per heavy atom. The van der Waals surface area contributed by atoms with Gasteiger partial charge in [-0.25, -0.2) is 0 Å². The number of methoxy groups -OCH3 is 1. The summed E-state index contributed by atoms with van der Waals surface area (Å²) in [6, 6.07) is 10.3. The maximum atomic E-state index is 10.4. The average Bonchev–Trinajstić information content (AvgIpc) is 2.44. The summed E-state index contributed by atoms with van der Waals surface area (Å²) in [5.41, 5.74) is 3.60. The third-order valence-electron chi connectivity index (χ3n) is 3.86. The Bertz CT molecular complexity index is 582. The van der Waals surface area contributed by atoms with Gasteiger partial charge in [-0.05, 0) is 36.0 Å². The number of fused-ring (bicyclic) bond motifs is 1. The van der Waals surface area contributed by atoms with E-state index in [2.05, 4.69) is 29.2 Å². The molecule has 19 heavy (non-hydrogen) atoms. The van der Waals surface area contributed by atoms with E-state index < -0.39 is 6.10 Å². The molecule has 2 atom stereocenters. The van der Waals surface area contributed by atoms with E-state index in [1.165, 1.54) is 11.1 Å². The summed E-state index contributed by atoms with van der Waals surface area (Å²) in [5.74, 6) is 1.10. The monoisotopic (exact) mass is 255 g/mol. The van der Waals surface area contributed by atoms with Crippen LogP contribution >= 0.6 is 0 Å². The molecule has 0 saturated heterocycles. The summed E-state index contributed by atoms with van der Waals surface area (Å²) in [6.07, 6.45) is 4.62. The van der Waals surface area contributed by atoms with Gasteiger partial charge < -0.3 is 9.84 Å². The van der Waals surface area contributed by atoms with E-state index >= 15 is 0 Å². The number of aromatic nitrogens is 1. The van der Waals surface area contributed by atoms with Crippen LogP contribution in [0.3, 0.4) is 0 Å². The number of hydrogen-bond acceptors (Lipinski definition) is 3. The number of aliphatic hydroxyl groups excluding tert-OH is 1. The molecule has 0 saturated carbocycles. The van der Waals surface area contributed by atoms with E-state index in [1.54, 1.807) is 19.5 Å². The fourth-order valence-electron chi connectivity index (χ4n) is 2.81. The summed E-state index contributed by atoms with van der Waals surface area (Å²) in [4.78, 5) is 4.01. The number of nitrogens with zero attached hydrogens (tertiary/aromatic N) is 1. The summed E-state index contributed by atoms with van der Waals surface area (Å²) in [5, 5.41) is 10.4. The first-order chi connectivity index (χ1) is 9.29. The van der Waals surface area contributed by atoms with E-state index in [-0.39, 0.29) is 0 Å². The Labute approximate surface area is 112 Å². The Balaban J connectivity index is 1.75. The van der Waals surface area contributed by atoms with Crippen molar-refractivity contribution in [1.82, 2.24) is 4.98 Å². The van der Waals surface area contributed by atoms with Gasteiger partial charge in [-0.2, -0.15) is 0 Å². The largest absolute Gasteiger partial charge is 0.495 e. The fourth-order valence-corrected chi connectivity index (χ4v) is 2.81. The minimum Gasteiger partial charge on any atom is -0.495 e. The Hall–Kier alpha value is -1.87. The second kappa shape index (κ2) is 5.02. The number of ether oxygens (including phenoxy) is 1. The molecule has 2 unspecified atom stereocenters. The Kier molecular flexibility index (Phi) is 3.22. The standard InChI is InChI=1S/C16H17NO2/c1-19-16-10-17-7-6-14(16)15(18)9-12-8-11-4-2-3-5-13(11)12/h2-7,10,12,15,18H,8-9H2,1H3. The molecular weight excluding hydrogens is 238 g/mol. The first-order valence-electron chi connectivity index (χ1n) is 6.53. The van der Waals surface area contributed by atoms with Crippen LogP contribution in [0.25, 0.3) is 0 Å². The minimum atomic E-state index is -0.503. The van der Waals surface area contributed by atoms with Crippen LogP contribution < -0.4 is 4.74 Å². The number of hydrogen-bond donors (Lipinski definition) is 1. The lowest BCUT2D eigenvalue weighted by Gasteiger charge is -2.31. The van der Waals surface area contributed by atoms with Crippen LogP contribution in [0.1, 0.15) is 35.1 Å². The topological polar surface area (TPSA) is 42.4 Å². The first kappa shape index (κ1) is 12.2. The van der Waals surface area contributed by atoms with Crippen LogP contribution in [-0.4, -0.2) is 17.2 Å². The van der Waals surface area contributed by atoms with Gasteiger partial charge in [0.25, 0.3) is 0 Å². The molecule has 98 valence electrons. The molecule has 0 amide bonds. The highest BCUT2D eigenvalue weighted by Crippen LogP contribution is 2.41. The normalized spacial score (nSPS) is 18.3. The van der Waals surface area contributed by atoms with E-state index in [9.17, 15) is 5.11 Å². The zero-order valence-electron chi connectivity index (χ0n) is 10.9. The first-order valence-corrected chi connectivity index (χ1v) is 6.53. The molecule has 1 heterocycles. The van der Waals surface area contributed by atoms with Crippen molar-refractivity contribution in [1.29, 1.82) is 0 Å². The molecule has 3 rings (SSSR count). The molecule has 0 bridgehead atoms. The van der Waals surface area contributed by atoms with Gasteiger partial charge in [0.15, 0.2) is 0 Å². The van der Waals surface area contributed by atoms with Crippen molar-refractivity contribution in [2.45, 2.75) is 24.9 Å². The number of pyridine rings is 1. The summed E-state index contributed by atoms with van der Waals surface area (Å²) >= 11 is 0. The van der Waals surface area contributed by atoms with Crippen LogP contribution in [0.5, 0.6) is 5.75 Å². The summed E-state index contributed by atoms with van der Waals surface area (Å²) in [7, 11) is 1.60. The van der Waals surface area contributed by atoms with E-state index in [0.29, 0.717) is 11.7 Å². The van der Waals surface area contributed by atoms with Crippen LogP contribution in [0, 0.1) is 0 Å². The Morgan fingerprint density at radius 2 is 2.21 bits per heavy atom. The zero-order valence-corrected chi connectivity index (χ0v) is 10.9. The van der Waals surface area contributed by atoms with Crippen molar-refractivity contribution in [2.24, 2.45) is 0 Å². The van der Waals surface area contributed by atoms with Gasteiger partial charge in [0.2, 0.25) is 0 Å². The maximum absolute atomic E-state index is 10.4. The van der Waals surface area contributed by atoms with Crippen molar-refractivity contribution in [3.05, 3.63) is 59.4 Å². The molecule has 1 aliphatic carbocycles. The smallest absolute Gasteiger partial charge is 0.142 e. The van der Waals surface area contributed by atoms with Crippen molar-refractivity contribution < 1.29 is 9.84 Å². The predicted molar refractivity (Wildman–Crippen MR) is 73.3 cm³/mol. The summed E-state index contributed by atoms with van der Waals surface area (Å²) < 4.78 is 5.25. The quantitative estimate of drug-likeness (QED) is 0.913. The highest BCUT2D eigenvalue weighted by molar-refractivity contribution is 5.41. The molecular formula is C16H17NO2. The van der Waals surface area contributed by atoms with E-state index in [0.717, 1.165) is 18.4 Å². The third kappa shape index (κ3) is 2.22. The van der Waals surface area contributed by atoms with Gasteiger partial charge in [-0.15, -0.1) is 0 Å². The molecule has 0 spiro atoms. The maximum Gasteiger partial charge on any atom is 0.142 e. The number of benzene rings is 1. The number of aliphatic hydroxyl groups is 1. The zero-order chi connectivity index (χ0) is 13.2.